The summed E-state index contributed by atoms with van der Waals surface area (Å²) < 4.78 is 16.6. The summed E-state index contributed by atoms with van der Waals surface area (Å²) in [6, 6.07) is 0.413. The molecule has 1 fully saturated rings. The highest BCUT2D eigenvalue weighted by atomic mass is 16.5. The van der Waals surface area contributed by atoms with Gasteiger partial charge in [0.15, 0.2) is 0 Å². The van der Waals surface area contributed by atoms with Crippen LogP contribution in [-0.4, -0.2) is 40.4 Å². The molecular weight excluding hydrogens is 260 g/mol. The van der Waals surface area contributed by atoms with Gasteiger partial charge in [-0.2, -0.15) is 9.97 Å². The molecular formula is C13H22N4O3. The van der Waals surface area contributed by atoms with Gasteiger partial charge in [-0.3, -0.25) is 0 Å². The minimum Gasteiger partial charge on any atom is -0.461 e. The van der Waals surface area contributed by atoms with Gasteiger partial charge < -0.3 is 19.9 Å². The lowest BCUT2D eigenvalue weighted by Crippen LogP contribution is -2.30. The molecule has 2 unspecified atom stereocenters. The predicted molar refractivity (Wildman–Crippen MR) is 73.7 cm³/mol. The van der Waals surface area contributed by atoms with E-state index in [2.05, 4.69) is 15.0 Å². The van der Waals surface area contributed by atoms with Crippen LogP contribution in [0.25, 0.3) is 0 Å². The van der Waals surface area contributed by atoms with Crippen molar-refractivity contribution < 1.29 is 14.2 Å². The predicted octanol–water partition coefficient (Wildman–Crippen LogP) is 1.58. The van der Waals surface area contributed by atoms with Crippen molar-refractivity contribution in [1.82, 2.24) is 15.0 Å². The summed E-state index contributed by atoms with van der Waals surface area (Å²) in [5.41, 5.74) is 5.65. The number of nitrogens with two attached hydrogens (primary N) is 1. The van der Waals surface area contributed by atoms with Gasteiger partial charge in [0.2, 0.25) is 5.95 Å². The van der Waals surface area contributed by atoms with Gasteiger partial charge in [0.05, 0.1) is 12.2 Å². The largest absolute Gasteiger partial charge is 0.461 e. The van der Waals surface area contributed by atoms with Crippen LogP contribution in [0.2, 0.25) is 0 Å². The third kappa shape index (κ3) is 4.19. The van der Waals surface area contributed by atoms with Crippen molar-refractivity contribution in [1.29, 1.82) is 0 Å². The Balaban J connectivity index is 2.02. The normalized spacial score (nSPS) is 22.8. The van der Waals surface area contributed by atoms with Crippen LogP contribution in [0.4, 0.5) is 5.95 Å². The maximum absolute atomic E-state index is 5.79. The van der Waals surface area contributed by atoms with Crippen molar-refractivity contribution in [3.8, 4) is 12.0 Å². The molecule has 1 aliphatic carbocycles. The summed E-state index contributed by atoms with van der Waals surface area (Å²) in [5.74, 6) is 0.102. The van der Waals surface area contributed by atoms with Crippen molar-refractivity contribution in [2.45, 2.75) is 57.8 Å². The van der Waals surface area contributed by atoms with Crippen molar-refractivity contribution in [3.05, 3.63) is 0 Å². The van der Waals surface area contributed by atoms with Crippen molar-refractivity contribution >= 4 is 5.95 Å². The highest BCUT2D eigenvalue weighted by Crippen LogP contribution is 2.24. The lowest BCUT2D eigenvalue weighted by Gasteiger charge is -2.27. The maximum Gasteiger partial charge on any atom is 0.324 e. The second kappa shape index (κ2) is 6.69. The number of hydrogen-bond acceptors (Lipinski definition) is 7. The number of aromatic nitrogens is 3. The maximum atomic E-state index is 5.79. The number of anilines is 1. The van der Waals surface area contributed by atoms with Crippen LogP contribution in [0.15, 0.2) is 0 Å². The third-order valence-corrected chi connectivity index (χ3v) is 3.14. The average molecular weight is 282 g/mol. The van der Waals surface area contributed by atoms with Gasteiger partial charge in [-0.1, -0.05) is 0 Å². The van der Waals surface area contributed by atoms with Crippen LogP contribution in [0.3, 0.4) is 0 Å². The first kappa shape index (κ1) is 14.8. The highest BCUT2D eigenvalue weighted by molar-refractivity contribution is 5.20. The van der Waals surface area contributed by atoms with E-state index in [9.17, 15) is 0 Å². The second-order valence-electron chi connectivity index (χ2n) is 5.19. The van der Waals surface area contributed by atoms with Crippen LogP contribution >= 0.6 is 0 Å². The lowest BCUT2D eigenvalue weighted by molar-refractivity contribution is 0.0175. The Bertz CT molecular complexity index is 442. The SMILES string of the molecule is COC1CCCC(Oc2nc(N)nc(OC(C)C)n2)C1. The van der Waals surface area contributed by atoms with Gasteiger partial charge in [-0.05, 0) is 33.1 Å². The molecule has 20 heavy (non-hydrogen) atoms. The summed E-state index contributed by atoms with van der Waals surface area (Å²) in [4.78, 5) is 12.1. The summed E-state index contributed by atoms with van der Waals surface area (Å²) in [7, 11) is 1.72. The monoisotopic (exact) mass is 282 g/mol. The number of rotatable bonds is 5. The van der Waals surface area contributed by atoms with Crippen LogP contribution in [-0.2, 0) is 4.74 Å². The van der Waals surface area contributed by atoms with Gasteiger partial charge in [-0.25, -0.2) is 0 Å². The van der Waals surface area contributed by atoms with Crippen molar-refractivity contribution in [2.75, 3.05) is 12.8 Å². The molecule has 1 aromatic rings. The molecule has 0 bridgehead atoms. The number of methoxy groups -OCH3 is 1. The summed E-state index contributed by atoms with van der Waals surface area (Å²) in [6.07, 6.45) is 4.18. The Morgan fingerprint density at radius 2 is 1.80 bits per heavy atom. The molecule has 7 nitrogen and oxygen atoms in total. The van der Waals surface area contributed by atoms with E-state index < -0.39 is 0 Å². The molecule has 0 saturated heterocycles. The molecule has 2 rings (SSSR count). The topological polar surface area (TPSA) is 92.4 Å². The smallest absolute Gasteiger partial charge is 0.324 e. The van der Waals surface area contributed by atoms with Crippen LogP contribution in [0, 0.1) is 0 Å². The van der Waals surface area contributed by atoms with E-state index in [1.807, 2.05) is 13.8 Å². The van der Waals surface area contributed by atoms with Crippen LogP contribution < -0.4 is 15.2 Å². The van der Waals surface area contributed by atoms with Crippen LogP contribution in [0.5, 0.6) is 12.0 Å². The number of nitrogens with zero attached hydrogens (tertiary/aromatic N) is 3. The summed E-state index contributed by atoms with van der Waals surface area (Å²) in [5, 5.41) is 0. The molecule has 0 radical (unpaired) electrons. The molecule has 0 amide bonds. The zero-order valence-corrected chi connectivity index (χ0v) is 12.2. The lowest BCUT2D eigenvalue weighted by atomic mass is 9.95. The molecule has 2 atom stereocenters. The van der Waals surface area contributed by atoms with Crippen LogP contribution in [0.1, 0.15) is 39.5 Å². The minimum absolute atomic E-state index is 0.0304. The second-order valence-corrected chi connectivity index (χ2v) is 5.19. The van der Waals surface area contributed by atoms with Crippen molar-refractivity contribution in [3.63, 3.8) is 0 Å². The molecule has 0 aliphatic heterocycles. The fourth-order valence-electron chi connectivity index (χ4n) is 2.24. The fourth-order valence-corrected chi connectivity index (χ4v) is 2.24. The van der Waals surface area contributed by atoms with E-state index in [-0.39, 0.29) is 36.3 Å². The molecule has 1 aliphatic rings. The highest BCUT2D eigenvalue weighted by Gasteiger charge is 2.24. The zero-order valence-electron chi connectivity index (χ0n) is 12.2. The van der Waals surface area contributed by atoms with E-state index >= 15 is 0 Å². The zero-order chi connectivity index (χ0) is 14.5. The quantitative estimate of drug-likeness (QED) is 0.876. The number of hydrogen-bond donors (Lipinski definition) is 1. The molecule has 1 aromatic heterocycles. The van der Waals surface area contributed by atoms with Gasteiger partial charge in [-0.15, -0.1) is 4.98 Å². The number of ether oxygens (including phenoxy) is 3. The first-order valence-electron chi connectivity index (χ1n) is 6.94. The Labute approximate surface area is 118 Å². The number of nitrogen functional groups attached to an aromatic ring is 1. The fraction of sp³-hybridized carbons (Fsp3) is 0.769. The first-order chi connectivity index (χ1) is 9.56. The van der Waals surface area contributed by atoms with Gasteiger partial charge >= 0.3 is 12.0 Å². The van der Waals surface area contributed by atoms with E-state index in [4.69, 9.17) is 19.9 Å². The Hall–Kier alpha value is -1.63. The molecule has 1 saturated carbocycles. The average Bonchev–Trinajstić information content (AvgIpc) is 2.37. The summed E-state index contributed by atoms with van der Waals surface area (Å²) in [6.45, 7) is 3.79. The van der Waals surface area contributed by atoms with E-state index in [1.165, 1.54) is 0 Å². The third-order valence-electron chi connectivity index (χ3n) is 3.14. The Kier molecular flexibility index (Phi) is 4.94. The Morgan fingerprint density at radius 3 is 2.50 bits per heavy atom. The van der Waals surface area contributed by atoms with E-state index in [0.717, 1.165) is 25.7 Å². The van der Waals surface area contributed by atoms with E-state index in [0.29, 0.717) is 0 Å². The van der Waals surface area contributed by atoms with Gasteiger partial charge in [0.25, 0.3) is 0 Å². The molecule has 0 aromatic carbocycles. The van der Waals surface area contributed by atoms with Gasteiger partial charge in [0, 0.05) is 13.5 Å². The molecule has 1 heterocycles. The van der Waals surface area contributed by atoms with E-state index in [1.54, 1.807) is 7.11 Å². The molecule has 112 valence electrons. The summed E-state index contributed by atoms with van der Waals surface area (Å²) >= 11 is 0. The minimum atomic E-state index is -0.0304. The molecule has 7 heteroatoms. The molecule has 0 spiro atoms. The Morgan fingerprint density at radius 1 is 1.10 bits per heavy atom. The first-order valence-corrected chi connectivity index (χ1v) is 6.94. The van der Waals surface area contributed by atoms with Crippen molar-refractivity contribution in [2.24, 2.45) is 0 Å². The van der Waals surface area contributed by atoms with Gasteiger partial charge in [0.1, 0.15) is 6.10 Å². The standard InChI is InChI=1S/C13H22N4O3/c1-8(2)19-12-15-11(14)16-13(17-12)20-10-6-4-5-9(7-10)18-3/h8-10H,4-7H2,1-3H3,(H2,14,15,16,17). The molecule has 2 N–H and O–H groups in total.